The minimum absolute atomic E-state index is 0.156. The maximum atomic E-state index is 12.6. The molecule has 0 aliphatic rings. The molecule has 0 bridgehead atoms. The Balaban J connectivity index is 1.26. The van der Waals surface area contributed by atoms with Crippen molar-refractivity contribution in [3.8, 4) is 5.69 Å². The Morgan fingerprint density at radius 2 is 1.68 bits per heavy atom. The Labute approximate surface area is 219 Å². The molecule has 1 aromatic heterocycles. The summed E-state index contributed by atoms with van der Waals surface area (Å²) in [6.07, 6.45) is 1.67. The van der Waals surface area contributed by atoms with Crippen molar-refractivity contribution in [1.82, 2.24) is 20.2 Å². The number of anilines is 1. The molecule has 0 aliphatic carbocycles. The van der Waals surface area contributed by atoms with Gasteiger partial charge in [-0.25, -0.2) is 5.43 Å². The van der Waals surface area contributed by atoms with Gasteiger partial charge in [0.25, 0.3) is 5.91 Å². The summed E-state index contributed by atoms with van der Waals surface area (Å²) < 4.78 is 1.97. The molecule has 37 heavy (non-hydrogen) atoms. The average molecular weight is 507 g/mol. The molecule has 0 atom stereocenters. The number of hydrazone groups is 1. The highest BCUT2D eigenvalue weighted by Crippen LogP contribution is 2.23. The molecule has 1 amide bonds. The molecular weight excluding hydrogens is 480 g/mol. The highest BCUT2D eigenvalue weighted by Gasteiger charge is 2.16. The van der Waals surface area contributed by atoms with Crippen molar-refractivity contribution in [1.29, 1.82) is 0 Å². The highest BCUT2D eigenvalue weighted by atomic mass is 32.2. The molecule has 1 heterocycles. The minimum Gasteiger partial charge on any atom is -0.378 e. The van der Waals surface area contributed by atoms with Crippen LogP contribution in [-0.2, 0) is 11.3 Å². The Morgan fingerprint density at radius 1 is 0.919 bits per heavy atom. The van der Waals surface area contributed by atoms with E-state index in [2.05, 4.69) is 51.2 Å². The van der Waals surface area contributed by atoms with Crippen molar-refractivity contribution in [3.05, 3.63) is 114 Å². The van der Waals surface area contributed by atoms with Crippen LogP contribution in [0.3, 0.4) is 0 Å². The average Bonchev–Trinajstić information content (AvgIpc) is 3.35. The molecule has 2 N–H and O–H groups in total. The highest BCUT2D eigenvalue weighted by molar-refractivity contribution is 7.99. The quantitative estimate of drug-likeness (QED) is 0.155. The van der Waals surface area contributed by atoms with E-state index in [0.29, 0.717) is 11.7 Å². The number of amides is 1. The number of fused-ring (bicyclic) bond motifs is 1. The van der Waals surface area contributed by atoms with Gasteiger partial charge in [0.1, 0.15) is 0 Å². The minimum atomic E-state index is -0.219. The standard InChI is InChI=1S/C29H26N6OS/c1-21-10-5-8-17-26(21)30-19-27-32-34-29(35(27)24-14-3-2-4-15-24)37-20-28(36)33-31-18-23-13-9-12-22-11-6-7-16-25(22)23/h2-18,30H,19-20H2,1H3,(H,33,36)/b31-18+. The number of carbonyl (C=O) groups is 1. The van der Waals surface area contributed by atoms with E-state index in [1.165, 1.54) is 11.8 Å². The summed E-state index contributed by atoms with van der Waals surface area (Å²) in [5.74, 6) is 0.693. The molecule has 5 aromatic rings. The van der Waals surface area contributed by atoms with Crippen LogP contribution in [0.2, 0.25) is 0 Å². The van der Waals surface area contributed by atoms with Crippen LogP contribution < -0.4 is 10.7 Å². The Bertz CT molecular complexity index is 1540. The van der Waals surface area contributed by atoms with E-state index in [9.17, 15) is 4.79 Å². The number of benzene rings is 4. The second-order valence-corrected chi connectivity index (χ2v) is 9.33. The van der Waals surface area contributed by atoms with Crippen LogP contribution in [0.1, 0.15) is 17.0 Å². The fourth-order valence-electron chi connectivity index (χ4n) is 3.99. The second kappa shape index (κ2) is 11.5. The fourth-order valence-corrected chi connectivity index (χ4v) is 4.75. The molecular formula is C29H26N6OS. The Kier molecular flexibility index (Phi) is 7.57. The van der Waals surface area contributed by atoms with Crippen LogP contribution >= 0.6 is 11.8 Å². The maximum absolute atomic E-state index is 12.6. The number of nitrogens with zero attached hydrogens (tertiary/aromatic N) is 4. The number of rotatable bonds is 9. The third kappa shape index (κ3) is 5.87. The molecule has 4 aromatic carbocycles. The zero-order valence-electron chi connectivity index (χ0n) is 20.3. The second-order valence-electron chi connectivity index (χ2n) is 8.39. The summed E-state index contributed by atoms with van der Waals surface area (Å²) in [6, 6.07) is 32.1. The molecule has 5 rings (SSSR count). The van der Waals surface area contributed by atoms with E-state index in [-0.39, 0.29) is 11.7 Å². The topological polar surface area (TPSA) is 84.2 Å². The van der Waals surface area contributed by atoms with Crippen molar-refractivity contribution >= 4 is 40.3 Å². The first-order chi connectivity index (χ1) is 18.2. The largest absolute Gasteiger partial charge is 0.378 e. The third-order valence-electron chi connectivity index (χ3n) is 5.85. The van der Waals surface area contributed by atoms with Gasteiger partial charge in [0, 0.05) is 16.9 Å². The first-order valence-corrected chi connectivity index (χ1v) is 12.9. The lowest BCUT2D eigenvalue weighted by molar-refractivity contribution is -0.118. The SMILES string of the molecule is Cc1ccccc1NCc1nnc(SCC(=O)N/N=C/c2cccc3ccccc23)n1-c1ccccc1. The zero-order valence-corrected chi connectivity index (χ0v) is 21.2. The number of aryl methyl sites for hydroxylation is 1. The lowest BCUT2D eigenvalue weighted by atomic mass is 10.1. The van der Waals surface area contributed by atoms with E-state index >= 15 is 0 Å². The van der Waals surface area contributed by atoms with Crippen LogP contribution in [-0.4, -0.2) is 32.6 Å². The van der Waals surface area contributed by atoms with Gasteiger partial charge < -0.3 is 5.32 Å². The first-order valence-electron chi connectivity index (χ1n) is 11.9. The van der Waals surface area contributed by atoms with Crippen molar-refractivity contribution in [2.75, 3.05) is 11.1 Å². The van der Waals surface area contributed by atoms with Crippen LogP contribution in [0, 0.1) is 6.92 Å². The number of carbonyl (C=O) groups excluding carboxylic acids is 1. The Hall–Kier alpha value is -4.43. The van der Waals surface area contributed by atoms with Crippen LogP contribution in [0.25, 0.3) is 16.5 Å². The molecule has 0 aliphatic heterocycles. The fraction of sp³-hybridized carbons (Fsp3) is 0.103. The van der Waals surface area contributed by atoms with Crippen molar-refractivity contribution in [3.63, 3.8) is 0 Å². The molecule has 7 nitrogen and oxygen atoms in total. The predicted octanol–water partition coefficient (Wildman–Crippen LogP) is 5.58. The summed E-state index contributed by atoms with van der Waals surface area (Å²) in [5.41, 5.74) is 6.71. The molecule has 0 saturated carbocycles. The van der Waals surface area contributed by atoms with Gasteiger partial charge in [-0.05, 0) is 41.5 Å². The zero-order chi connectivity index (χ0) is 25.5. The summed E-state index contributed by atoms with van der Waals surface area (Å²) in [6.45, 7) is 2.56. The maximum Gasteiger partial charge on any atom is 0.250 e. The molecule has 0 unspecified atom stereocenters. The van der Waals surface area contributed by atoms with E-state index in [4.69, 9.17) is 0 Å². The third-order valence-corrected chi connectivity index (χ3v) is 6.77. The normalized spacial score (nSPS) is 11.2. The van der Waals surface area contributed by atoms with Gasteiger partial charge in [0.2, 0.25) is 0 Å². The van der Waals surface area contributed by atoms with Gasteiger partial charge in [-0.1, -0.05) is 90.6 Å². The van der Waals surface area contributed by atoms with Crippen LogP contribution in [0.15, 0.2) is 107 Å². The van der Waals surface area contributed by atoms with Crippen molar-refractivity contribution in [2.24, 2.45) is 5.10 Å². The number of hydrogen-bond donors (Lipinski definition) is 2. The van der Waals surface area contributed by atoms with E-state index in [1.54, 1.807) is 6.21 Å². The molecule has 0 radical (unpaired) electrons. The molecule has 0 fully saturated rings. The number of nitrogens with one attached hydrogen (secondary N) is 2. The summed E-state index contributed by atoms with van der Waals surface area (Å²) >= 11 is 1.32. The Morgan fingerprint density at radius 3 is 2.54 bits per heavy atom. The molecule has 184 valence electrons. The number of hydrogen-bond acceptors (Lipinski definition) is 6. The lowest BCUT2D eigenvalue weighted by Crippen LogP contribution is -2.20. The van der Waals surface area contributed by atoms with E-state index in [0.717, 1.165) is 39.1 Å². The first kappa shape index (κ1) is 24.3. The van der Waals surface area contributed by atoms with Gasteiger partial charge in [0.15, 0.2) is 11.0 Å². The smallest absolute Gasteiger partial charge is 0.250 e. The summed E-state index contributed by atoms with van der Waals surface area (Å²) in [7, 11) is 0. The summed E-state index contributed by atoms with van der Waals surface area (Å²) in [4.78, 5) is 12.6. The van der Waals surface area contributed by atoms with Gasteiger partial charge >= 0.3 is 0 Å². The van der Waals surface area contributed by atoms with Gasteiger partial charge in [-0.3, -0.25) is 9.36 Å². The monoisotopic (exact) mass is 506 g/mol. The molecule has 0 spiro atoms. The van der Waals surface area contributed by atoms with E-state index in [1.807, 2.05) is 83.4 Å². The van der Waals surface area contributed by atoms with Gasteiger partial charge in [-0.2, -0.15) is 5.10 Å². The molecule has 0 saturated heterocycles. The molecule has 8 heteroatoms. The van der Waals surface area contributed by atoms with Crippen LogP contribution in [0.5, 0.6) is 0 Å². The van der Waals surface area contributed by atoms with Crippen molar-refractivity contribution < 1.29 is 4.79 Å². The number of para-hydroxylation sites is 2. The predicted molar refractivity (Wildman–Crippen MR) is 150 cm³/mol. The summed E-state index contributed by atoms with van der Waals surface area (Å²) in [5, 5.41) is 19.3. The van der Waals surface area contributed by atoms with Gasteiger partial charge in [-0.15, -0.1) is 10.2 Å². The lowest BCUT2D eigenvalue weighted by Gasteiger charge is -2.12. The van der Waals surface area contributed by atoms with Gasteiger partial charge in [0.05, 0.1) is 18.5 Å². The van der Waals surface area contributed by atoms with Crippen molar-refractivity contribution in [2.45, 2.75) is 18.6 Å². The van der Waals surface area contributed by atoms with E-state index < -0.39 is 0 Å². The number of thioether (sulfide) groups is 1. The number of aromatic nitrogens is 3. The van der Waals surface area contributed by atoms with Crippen LogP contribution in [0.4, 0.5) is 5.69 Å².